The summed E-state index contributed by atoms with van der Waals surface area (Å²) in [7, 11) is 0. The van der Waals surface area contributed by atoms with E-state index in [0.29, 0.717) is 17.5 Å². The van der Waals surface area contributed by atoms with Gasteiger partial charge in [0.15, 0.2) is 17.5 Å². The van der Waals surface area contributed by atoms with Gasteiger partial charge in [-0.05, 0) is 84.0 Å². The summed E-state index contributed by atoms with van der Waals surface area (Å²) in [5.74, 6) is 1.94. The number of benzene rings is 9. The molecule has 9 aromatic carbocycles. The number of fused-ring (bicyclic) bond motifs is 6. The van der Waals surface area contributed by atoms with Crippen LogP contribution in [0.2, 0.25) is 0 Å². The summed E-state index contributed by atoms with van der Waals surface area (Å²) in [5, 5.41) is 0. The second-order valence-electron chi connectivity index (χ2n) is 17.5. The zero-order valence-electron chi connectivity index (χ0n) is 35.7. The van der Waals surface area contributed by atoms with Crippen LogP contribution in [0.25, 0.3) is 78.7 Å². The third kappa shape index (κ3) is 5.78. The van der Waals surface area contributed by atoms with Crippen molar-refractivity contribution in [3.05, 3.63) is 258 Å². The van der Waals surface area contributed by atoms with Crippen LogP contribution in [-0.4, -0.2) is 15.0 Å². The van der Waals surface area contributed by atoms with Crippen LogP contribution < -0.4 is 0 Å². The maximum atomic E-state index is 5.04. The van der Waals surface area contributed by atoms with E-state index in [-0.39, 0.29) is 5.41 Å². The lowest BCUT2D eigenvalue weighted by molar-refractivity contribution is 0.660. The Morgan fingerprint density at radius 2 is 0.703 bits per heavy atom. The van der Waals surface area contributed by atoms with Crippen LogP contribution in [0.1, 0.15) is 47.2 Å². The molecule has 2 aliphatic rings. The van der Waals surface area contributed by atoms with E-state index in [1.807, 2.05) is 60.7 Å². The number of rotatable bonds is 7. The fourth-order valence-corrected chi connectivity index (χ4v) is 10.7. The van der Waals surface area contributed by atoms with Gasteiger partial charge in [0, 0.05) is 22.1 Å². The van der Waals surface area contributed by atoms with E-state index < -0.39 is 5.41 Å². The van der Waals surface area contributed by atoms with Crippen LogP contribution in [-0.2, 0) is 10.8 Å². The Balaban J connectivity index is 1.06. The predicted molar refractivity (Wildman–Crippen MR) is 262 cm³/mol. The summed E-state index contributed by atoms with van der Waals surface area (Å²) in [6, 6.07) is 81.2. The molecular weight excluding hydrogens is 775 g/mol. The van der Waals surface area contributed by atoms with E-state index in [1.54, 1.807) is 0 Å². The van der Waals surface area contributed by atoms with Crippen molar-refractivity contribution in [2.45, 2.75) is 24.7 Å². The average molecular weight is 818 g/mol. The summed E-state index contributed by atoms with van der Waals surface area (Å²) >= 11 is 0. The van der Waals surface area contributed by atoms with Crippen LogP contribution >= 0.6 is 0 Å². The van der Waals surface area contributed by atoms with Crippen molar-refractivity contribution in [2.24, 2.45) is 0 Å². The molecule has 0 unspecified atom stereocenters. The van der Waals surface area contributed by atoms with Crippen molar-refractivity contribution >= 4 is 0 Å². The van der Waals surface area contributed by atoms with Crippen LogP contribution in [0.15, 0.2) is 224 Å². The van der Waals surface area contributed by atoms with Gasteiger partial charge in [-0.15, -0.1) is 0 Å². The first-order valence-corrected chi connectivity index (χ1v) is 22.1. The molecule has 0 radical (unpaired) electrons. The zero-order valence-corrected chi connectivity index (χ0v) is 35.7. The second-order valence-corrected chi connectivity index (χ2v) is 17.5. The molecule has 0 amide bonds. The molecule has 64 heavy (non-hydrogen) atoms. The van der Waals surface area contributed by atoms with Crippen LogP contribution in [0.4, 0.5) is 0 Å². The standard InChI is InChI=1S/C61H43N3/c1-60(2)51-29-17-16-28-49(51)56-54(60)38-36-47(40-31-33-43(34-32-40)59-63-57(41-19-7-3-8-20-41)62-58(64-59)42-21-9-4-10-22-42)55(56)44-35-37-53-50(39-44)48-27-15-18-30-52(48)61(53,45-23-11-5-12-24-45)46-25-13-6-14-26-46/h3-39H,1-2H3. The molecule has 3 nitrogen and oxygen atoms in total. The Bertz CT molecular complexity index is 3280. The molecule has 12 rings (SSSR count). The third-order valence-electron chi connectivity index (χ3n) is 13.6. The van der Waals surface area contributed by atoms with Gasteiger partial charge in [0.1, 0.15) is 0 Å². The van der Waals surface area contributed by atoms with E-state index in [2.05, 4.69) is 178 Å². The number of nitrogens with zero attached hydrogens (tertiary/aromatic N) is 3. The van der Waals surface area contributed by atoms with Crippen molar-refractivity contribution < 1.29 is 0 Å². The Kier molecular flexibility index (Phi) is 8.74. The quantitative estimate of drug-likeness (QED) is 0.161. The molecule has 0 bridgehead atoms. The highest BCUT2D eigenvalue weighted by Gasteiger charge is 2.46. The summed E-state index contributed by atoms with van der Waals surface area (Å²) in [4.78, 5) is 15.0. The Morgan fingerprint density at radius 1 is 0.281 bits per heavy atom. The van der Waals surface area contributed by atoms with Crippen molar-refractivity contribution in [3.63, 3.8) is 0 Å². The first kappa shape index (κ1) is 37.7. The molecular formula is C61H43N3. The topological polar surface area (TPSA) is 38.7 Å². The van der Waals surface area contributed by atoms with Gasteiger partial charge >= 0.3 is 0 Å². The van der Waals surface area contributed by atoms with Gasteiger partial charge < -0.3 is 0 Å². The van der Waals surface area contributed by atoms with E-state index in [4.69, 9.17) is 15.0 Å². The minimum Gasteiger partial charge on any atom is -0.208 e. The fraction of sp³-hybridized carbons (Fsp3) is 0.0656. The van der Waals surface area contributed by atoms with E-state index in [0.717, 1.165) is 22.3 Å². The van der Waals surface area contributed by atoms with Gasteiger partial charge in [0.05, 0.1) is 5.41 Å². The molecule has 1 aromatic heterocycles. The van der Waals surface area contributed by atoms with Gasteiger partial charge in [-0.25, -0.2) is 15.0 Å². The lowest BCUT2D eigenvalue weighted by atomic mass is 9.67. The fourth-order valence-electron chi connectivity index (χ4n) is 10.7. The second kappa shape index (κ2) is 14.8. The van der Waals surface area contributed by atoms with Gasteiger partial charge in [0.25, 0.3) is 0 Å². The van der Waals surface area contributed by atoms with Gasteiger partial charge in [-0.3, -0.25) is 0 Å². The Hall–Kier alpha value is -8.01. The summed E-state index contributed by atoms with van der Waals surface area (Å²) in [5.41, 5.74) is 20.0. The maximum absolute atomic E-state index is 5.04. The monoisotopic (exact) mass is 817 g/mol. The van der Waals surface area contributed by atoms with Crippen molar-refractivity contribution in [3.8, 4) is 78.7 Å². The smallest absolute Gasteiger partial charge is 0.164 e. The highest BCUT2D eigenvalue weighted by molar-refractivity contribution is 6.01. The highest BCUT2D eigenvalue weighted by Crippen LogP contribution is 2.59. The average Bonchev–Trinajstić information content (AvgIpc) is 3.80. The van der Waals surface area contributed by atoms with Crippen LogP contribution in [0.3, 0.4) is 0 Å². The van der Waals surface area contributed by atoms with Crippen LogP contribution in [0, 0.1) is 0 Å². The van der Waals surface area contributed by atoms with Crippen LogP contribution in [0.5, 0.6) is 0 Å². The maximum Gasteiger partial charge on any atom is 0.164 e. The molecule has 0 saturated heterocycles. The minimum absolute atomic E-state index is 0.159. The molecule has 0 atom stereocenters. The first-order valence-electron chi connectivity index (χ1n) is 22.1. The summed E-state index contributed by atoms with van der Waals surface area (Å²) < 4.78 is 0. The molecule has 302 valence electrons. The summed E-state index contributed by atoms with van der Waals surface area (Å²) in [6.45, 7) is 4.73. The molecule has 1 heterocycles. The normalized spacial score (nSPS) is 13.7. The third-order valence-corrected chi connectivity index (χ3v) is 13.6. The Labute approximate surface area is 374 Å². The summed E-state index contributed by atoms with van der Waals surface area (Å²) in [6.07, 6.45) is 0. The number of aromatic nitrogens is 3. The highest BCUT2D eigenvalue weighted by atomic mass is 15.0. The van der Waals surface area contributed by atoms with Gasteiger partial charge in [-0.2, -0.15) is 0 Å². The van der Waals surface area contributed by atoms with E-state index in [1.165, 1.54) is 72.3 Å². The molecule has 0 fully saturated rings. The molecule has 2 aliphatic carbocycles. The Morgan fingerprint density at radius 3 is 1.28 bits per heavy atom. The van der Waals surface area contributed by atoms with Crippen molar-refractivity contribution in [1.29, 1.82) is 0 Å². The van der Waals surface area contributed by atoms with E-state index >= 15 is 0 Å². The SMILES string of the molecule is CC1(C)c2ccccc2-c2c1ccc(-c1ccc(-c3nc(-c4ccccc4)nc(-c4ccccc4)n3)cc1)c2-c1ccc2c(c1)-c1ccccc1C2(c1ccccc1)c1ccccc1. The first-order chi connectivity index (χ1) is 31.5. The van der Waals surface area contributed by atoms with Crippen molar-refractivity contribution in [2.75, 3.05) is 0 Å². The molecule has 0 N–H and O–H groups in total. The molecule has 0 saturated carbocycles. The van der Waals surface area contributed by atoms with Gasteiger partial charge in [0.2, 0.25) is 0 Å². The predicted octanol–water partition coefficient (Wildman–Crippen LogP) is 14.9. The minimum atomic E-state index is -0.464. The van der Waals surface area contributed by atoms with Gasteiger partial charge in [-0.1, -0.05) is 232 Å². The zero-order chi connectivity index (χ0) is 42.8. The van der Waals surface area contributed by atoms with Crippen molar-refractivity contribution in [1.82, 2.24) is 15.0 Å². The molecule has 3 heteroatoms. The lowest BCUT2D eigenvalue weighted by Crippen LogP contribution is -2.28. The molecule has 0 aliphatic heterocycles. The molecule has 0 spiro atoms. The number of hydrogen-bond acceptors (Lipinski definition) is 3. The lowest BCUT2D eigenvalue weighted by Gasteiger charge is -2.34. The van der Waals surface area contributed by atoms with E-state index in [9.17, 15) is 0 Å². The molecule has 10 aromatic rings. The largest absolute Gasteiger partial charge is 0.208 e. The number of hydrogen-bond donors (Lipinski definition) is 0.